The summed E-state index contributed by atoms with van der Waals surface area (Å²) in [4.78, 5) is 21.2. The summed E-state index contributed by atoms with van der Waals surface area (Å²) in [7, 11) is 1.88. The van der Waals surface area contributed by atoms with Crippen LogP contribution in [0.15, 0.2) is 48.5 Å². The number of anilines is 2. The molecule has 0 aliphatic heterocycles. The number of non-ortho nitro benzene ring substituents is 1. The van der Waals surface area contributed by atoms with Gasteiger partial charge in [0.05, 0.1) is 10.4 Å². The van der Waals surface area contributed by atoms with Crippen LogP contribution in [0, 0.1) is 17.0 Å². The number of hydrogen-bond donors (Lipinski definition) is 0. The van der Waals surface area contributed by atoms with Gasteiger partial charge in [-0.2, -0.15) is 0 Å². The fourth-order valence-corrected chi connectivity index (χ4v) is 2.35. The number of fused-ring (bicyclic) bond motifs is 1. The van der Waals surface area contributed by atoms with E-state index >= 15 is 0 Å². The third-order valence-corrected chi connectivity index (χ3v) is 3.46. The minimum Gasteiger partial charge on any atom is -0.329 e. The van der Waals surface area contributed by atoms with Crippen molar-refractivity contribution in [1.29, 1.82) is 0 Å². The molecule has 0 fully saturated rings. The Labute approximate surface area is 127 Å². The summed E-state index contributed by atoms with van der Waals surface area (Å²) in [6.45, 7) is 1.85. The van der Waals surface area contributed by atoms with E-state index in [0.717, 1.165) is 22.4 Å². The quantitative estimate of drug-likeness (QED) is 0.545. The first-order valence-corrected chi connectivity index (χ1v) is 6.78. The molecule has 0 radical (unpaired) electrons. The van der Waals surface area contributed by atoms with Crippen LogP contribution in [0.1, 0.15) is 5.82 Å². The van der Waals surface area contributed by atoms with E-state index in [4.69, 9.17) is 0 Å². The summed E-state index contributed by atoms with van der Waals surface area (Å²) in [6, 6.07) is 14.2. The standard InChI is InChI=1S/C16H14N4O2/c1-11-17-15-6-4-3-5-14(15)16(18-11)19(2)12-7-9-13(10-8-12)20(21)22/h3-10H,1-2H3. The molecule has 3 aromatic rings. The molecule has 1 aromatic heterocycles. The normalized spacial score (nSPS) is 10.6. The van der Waals surface area contributed by atoms with Crippen molar-refractivity contribution in [2.24, 2.45) is 0 Å². The molecule has 2 aromatic carbocycles. The molecule has 0 N–H and O–H groups in total. The van der Waals surface area contributed by atoms with Crippen LogP contribution in [0.2, 0.25) is 0 Å². The Morgan fingerprint density at radius 3 is 2.41 bits per heavy atom. The van der Waals surface area contributed by atoms with E-state index in [1.165, 1.54) is 12.1 Å². The second-order valence-electron chi connectivity index (χ2n) is 4.94. The van der Waals surface area contributed by atoms with Gasteiger partial charge in [0.25, 0.3) is 5.69 Å². The lowest BCUT2D eigenvalue weighted by Gasteiger charge is -2.20. The summed E-state index contributed by atoms with van der Waals surface area (Å²) >= 11 is 0. The molecule has 0 atom stereocenters. The van der Waals surface area contributed by atoms with Gasteiger partial charge in [0.15, 0.2) is 0 Å². The van der Waals surface area contributed by atoms with Crippen LogP contribution < -0.4 is 4.90 Å². The van der Waals surface area contributed by atoms with E-state index in [9.17, 15) is 10.1 Å². The van der Waals surface area contributed by atoms with Gasteiger partial charge in [0, 0.05) is 30.3 Å². The van der Waals surface area contributed by atoms with Gasteiger partial charge in [-0.25, -0.2) is 9.97 Å². The number of para-hydroxylation sites is 1. The van der Waals surface area contributed by atoms with Crippen molar-refractivity contribution in [2.75, 3.05) is 11.9 Å². The van der Waals surface area contributed by atoms with E-state index in [-0.39, 0.29) is 5.69 Å². The van der Waals surface area contributed by atoms with Crippen molar-refractivity contribution in [3.63, 3.8) is 0 Å². The fourth-order valence-electron chi connectivity index (χ4n) is 2.35. The van der Waals surface area contributed by atoms with Crippen molar-refractivity contribution >= 4 is 28.1 Å². The SMILES string of the molecule is Cc1nc(N(C)c2ccc([N+](=O)[O-])cc2)c2ccccc2n1. The lowest BCUT2D eigenvalue weighted by atomic mass is 10.2. The molecule has 0 bridgehead atoms. The summed E-state index contributed by atoms with van der Waals surface area (Å²) < 4.78 is 0. The number of aromatic nitrogens is 2. The summed E-state index contributed by atoms with van der Waals surface area (Å²) in [5, 5.41) is 11.7. The molecule has 3 rings (SSSR count). The molecular weight excluding hydrogens is 280 g/mol. The van der Waals surface area contributed by atoms with Crippen LogP contribution in [-0.4, -0.2) is 21.9 Å². The molecule has 22 heavy (non-hydrogen) atoms. The first-order chi connectivity index (χ1) is 10.6. The van der Waals surface area contributed by atoms with Crippen molar-refractivity contribution in [1.82, 2.24) is 9.97 Å². The van der Waals surface area contributed by atoms with Gasteiger partial charge in [0.2, 0.25) is 0 Å². The van der Waals surface area contributed by atoms with Gasteiger partial charge in [-0.15, -0.1) is 0 Å². The third kappa shape index (κ3) is 2.46. The van der Waals surface area contributed by atoms with E-state index < -0.39 is 4.92 Å². The predicted molar refractivity (Wildman–Crippen MR) is 85.4 cm³/mol. The lowest BCUT2D eigenvalue weighted by molar-refractivity contribution is -0.384. The highest BCUT2D eigenvalue weighted by Gasteiger charge is 2.13. The van der Waals surface area contributed by atoms with Crippen molar-refractivity contribution in [2.45, 2.75) is 6.92 Å². The highest BCUT2D eigenvalue weighted by atomic mass is 16.6. The molecule has 0 spiro atoms. The highest BCUT2D eigenvalue weighted by Crippen LogP contribution is 2.29. The van der Waals surface area contributed by atoms with Crippen LogP contribution in [0.3, 0.4) is 0 Å². The average Bonchev–Trinajstić information content (AvgIpc) is 2.53. The molecule has 0 aliphatic carbocycles. The molecule has 110 valence electrons. The number of nitrogens with zero attached hydrogens (tertiary/aromatic N) is 4. The molecule has 6 heteroatoms. The summed E-state index contributed by atoms with van der Waals surface area (Å²) in [6.07, 6.45) is 0. The van der Waals surface area contributed by atoms with E-state index in [1.807, 2.05) is 43.1 Å². The molecule has 0 amide bonds. The number of nitro benzene ring substituents is 1. The van der Waals surface area contributed by atoms with Gasteiger partial charge in [-0.1, -0.05) is 12.1 Å². The lowest BCUT2D eigenvalue weighted by Crippen LogP contribution is -2.13. The van der Waals surface area contributed by atoms with Gasteiger partial charge in [-0.05, 0) is 31.2 Å². The zero-order valence-corrected chi connectivity index (χ0v) is 12.2. The number of aryl methyl sites for hydroxylation is 1. The second kappa shape index (κ2) is 5.40. The molecule has 0 unspecified atom stereocenters. The fraction of sp³-hybridized carbons (Fsp3) is 0.125. The Morgan fingerprint density at radius 1 is 1.05 bits per heavy atom. The number of rotatable bonds is 3. The van der Waals surface area contributed by atoms with Crippen molar-refractivity contribution < 1.29 is 4.92 Å². The zero-order chi connectivity index (χ0) is 15.7. The second-order valence-corrected chi connectivity index (χ2v) is 4.94. The minimum absolute atomic E-state index is 0.0703. The topological polar surface area (TPSA) is 72.2 Å². The Balaban J connectivity index is 2.08. The van der Waals surface area contributed by atoms with Gasteiger partial charge >= 0.3 is 0 Å². The third-order valence-electron chi connectivity index (χ3n) is 3.46. The molecule has 0 saturated heterocycles. The average molecular weight is 294 g/mol. The molecular formula is C16H14N4O2. The smallest absolute Gasteiger partial charge is 0.269 e. The van der Waals surface area contributed by atoms with Gasteiger partial charge in [-0.3, -0.25) is 10.1 Å². The van der Waals surface area contributed by atoms with Crippen LogP contribution in [0.5, 0.6) is 0 Å². The van der Waals surface area contributed by atoms with Crippen molar-refractivity contribution in [3.05, 3.63) is 64.5 Å². The number of nitro groups is 1. The predicted octanol–water partition coefficient (Wildman–Crippen LogP) is 3.61. The maximum absolute atomic E-state index is 10.7. The molecule has 0 saturated carbocycles. The first-order valence-electron chi connectivity index (χ1n) is 6.78. The van der Waals surface area contributed by atoms with Crippen LogP contribution in [-0.2, 0) is 0 Å². The van der Waals surface area contributed by atoms with Crippen LogP contribution >= 0.6 is 0 Å². The minimum atomic E-state index is -0.409. The number of hydrogen-bond acceptors (Lipinski definition) is 5. The zero-order valence-electron chi connectivity index (χ0n) is 12.2. The Morgan fingerprint density at radius 2 is 1.73 bits per heavy atom. The van der Waals surface area contributed by atoms with Gasteiger partial charge in [0.1, 0.15) is 11.6 Å². The summed E-state index contributed by atoms with van der Waals surface area (Å²) in [5.41, 5.74) is 1.77. The Hall–Kier alpha value is -3.02. The number of benzene rings is 2. The van der Waals surface area contributed by atoms with E-state index in [1.54, 1.807) is 12.1 Å². The first kappa shape index (κ1) is 13.9. The van der Waals surface area contributed by atoms with Crippen molar-refractivity contribution in [3.8, 4) is 0 Å². The van der Waals surface area contributed by atoms with Crippen LogP contribution in [0.25, 0.3) is 10.9 Å². The largest absolute Gasteiger partial charge is 0.329 e. The maximum Gasteiger partial charge on any atom is 0.269 e. The van der Waals surface area contributed by atoms with Crippen LogP contribution in [0.4, 0.5) is 17.2 Å². The molecule has 1 heterocycles. The molecule has 6 nitrogen and oxygen atoms in total. The highest BCUT2D eigenvalue weighted by molar-refractivity contribution is 5.91. The Bertz CT molecular complexity index is 846. The maximum atomic E-state index is 10.7. The van der Waals surface area contributed by atoms with E-state index in [2.05, 4.69) is 9.97 Å². The monoisotopic (exact) mass is 294 g/mol. The van der Waals surface area contributed by atoms with E-state index in [0.29, 0.717) is 5.82 Å². The Kier molecular flexibility index (Phi) is 3.42. The summed E-state index contributed by atoms with van der Waals surface area (Å²) in [5.74, 6) is 1.46. The molecule has 0 aliphatic rings. The van der Waals surface area contributed by atoms with Gasteiger partial charge < -0.3 is 4.90 Å².